The molecule has 2 heterocycles. The molecule has 0 bridgehead atoms. The van der Waals surface area contributed by atoms with Crippen molar-refractivity contribution in [2.45, 2.75) is 26.6 Å². The van der Waals surface area contributed by atoms with Crippen molar-refractivity contribution in [2.75, 3.05) is 19.7 Å². The maximum atomic E-state index is 12.9. The van der Waals surface area contributed by atoms with E-state index in [0.717, 1.165) is 11.3 Å². The molecule has 1 fully saturated rings. The molecule has 1 aromatic carbocycles. The first-order valence-electron chi connectivity index (χ1n) is 8.24. The van der Waals surface area contributed by atoms with Gasteiger partial charge in [0.2, 0.25) is 0 Å². The minimum absolute atomic E-state index is 0.00632. The first-order valence-corrected chi connectivity index (χ1v) is 8.24. The van der Waals surface area contributed by atoms with Crippen molar-refractivity contribution >= 4 is 11.9 Å². The van der Waals surface area contributed by atoms with E-state index in [1.54, 1.807) is 31.2 Å². The third-order valence-corrected chi connectivity index (χ3v) is 4.30. The fraction of sp³-hybridized carbons (Fsp3) is 0.389. The zero-order chi connectivity index (χ0) is 18.7. The molecule has 1 atom stereocenters. The van der Waals surface area contributed by atoms with Crippen LogP contribution in [0, 0.1) is 13.8 Å². The van der Waals surface area contributed by atoms with Gasteiger partial charge in [-0.1, -0.05) is 17.3 Å². The average Bonchev–Trinajstić information content (AvgIpc) is 2.97. The number of hydrogen-bond acceptors (Lipinski definition) is 6. The Bertz CT molecular complexity index is 796. The molecule has 2 aromatic rings. The third kappa shape index (κ3) is 3.70. The largest absolute Gasteiger partial charge is 0.488 e. The number of carboxylic acid groups (broad SMARTS) is 1. The molecule has 26 heavy (non-hydrogen) atoms. The van der Waals surface area contributed by atoms with E-state index in [1.165, 1.54) is 4.90 Å². The van der Waals surface area contributed by atoms with E-state index in [-0.39, 0.29) is 25.7 Å². The Kier molecular flexibility index (Phi) is 5.22. The molecule has 0 aliphatic carbocycles. The zero-order valence-corrected chi connectivity index (χ0v) is 14.6. The molecule has 1 saturated heterocycles. The molecular weight excluding hydrogens is 340 g/mol. The van der Waals surface area contributed by atoms with Crippen LogP contribution in [0.1, 0.15) is 27.4 Å². The van der Waals surface area contributed by atoms with Gasteiger partial charge in [-0.25, -0.2) is 4.79 Å². The van der Waals surface area contributed by atoms with Gasteiger partial charge in [0, 0.05) is 6.54 Å². The molecule has 1 aliphatic heterocycles. The van der Waals surface area contributed by atoms with E-state index in [2.05, 4.69) is 5.16 Å². The van der Waals surface area contributed by atoms with Crippen LogP contribution >= 0.6 is 0 Å². The van der Waals surface area contributed by atoms with Gasteiger partial charge >= 0.3 is 5.97 Å². The lowest BCUT2D eigenvalue weighted by Crippen LogP contribution is -2.48. The molecule has 3 rings (SSSR count). The molecule has 0 radical (unpaired) electrons. The van der Waals surface area contributed by atoms with Crippen LogP contribution in [0.4, 0.5) is 0 Å². The minimum Gasteiger partial charge on any atom is -0.488 e. The molecular formula is C18H20N2O6. The molecule has 1 aliphatic rings. The monoisotopic (exact) mass is 360 g/mol. The maximum absolute atomic E-state index is 12.9. The average molecular weight is 360 g/mol. The van der Waals surface area contributed by atoms with Gasteiger partial charge in [0.1, 0.15) is 18.1 Å². The summed E-state index contributed by atoms with van der Waals surface area (Å²) in [6.45, 7) is 4.38. The number of carbonyl (C=O) groups excluding carboxylic acids is 1. The molecule has 0 spiro atoms. The lowest BCUT2D eigenvalue weighted by Gasteiger charge is -2.31. The molecule has 0 saturated carbocycles. The molecule has 1 N–H and O–H groups in total. The van der Waals surface area contributed by atoms with Gasteiger partial charge in [-0.05, 0) is 26.0 Å². The summed E-state index contributed by atoms with van der Waals surface area (Å²) >= 11 is 0. The Morgan fingerprint density at radius 1 is 1.35 bits per heavy atom. The van der Waals surface area contributed by atoms with Gasteiger partial charge in [-0.3, -0.25) is 4.79 Å². The summed E-state index contributed by atoms with van der Waals surface area (Å²) in [6.07, 6.45) is -1.01. The highest BCUT2D eigenvalue weighted by molar-refractivity contribution is 5.97. The molecule has 8 nitrogen and oxygen atoms in total. The van der Waals surface area contributed by atoms with Crippen molar-refractivity contribution in [2.24, 2.45) is 0 Å². The van der Waals surface area contributed by atoms with Gasteiger partial charge in [0.15, 0.2) is 6.10 Å². The molecule has 1 amide bonds. The van der Waals surface area contributed by atoms with E-state index in [0.29, 0.717) is 23.6 Å². The smallest absolute Gasteiger partial charge is 0.334 e. The minimum atomic E-state index is -1.08. The van der Waals surface area contributed by atoms with Crippen LogP contribution < -0.4 is 4.74 Å². The van der Waals surface area contributed by atoms with Crippen molar-refractivity contribution in [3.63, 3.8) is 0 Å². The van der Waals surface area contributed by atoms with Crippen molar-refractivity contribution in [1.82, 2.24) is 10.1 Å². The lowest BCUT2D eigenvalue weighted by molar-refractivity contribution is -0.154. The summed E-state index contributed by atoms with van der Waals surface area (Å²) in [5.41, 5.74) is 1.96. The first-order chi connectivity index (χ1) is 12.5. The number of benzene rings is 1. The van der Waals surface area contributed by atoms with Gasteiger partial charge in [0.25, 0.3) is 5.91 Å². The normalized spacial score (nSPS) is 17.2. The van der Waals surface area contributed by atoms with E-state index in [9.17, 15) is 9.59 Å². The standard InChI is InChI=1S/C18H20N2O6/c1-11-14(12(2)26-19-11)10-25-15-6-4-3-5-13(15)17(21)20-7-8-24-16(9-20)18(22)23/h3-6,16H,7-10H2,1-2H3,(H,22,23). The summed E-state index contributed by atoms with van der Waals surface area (Å²) < 4.78 is 16.1. The summed E-state index contributed by atoms with van der Waals surface area (Å²) in [5, 5.41) is 13.0. The maximum Gasteiger partial charge on any atom is 0.334 e. The Morgan fingerprint density at radius 2 is 2.12 bits per heavy atom. The van der Waals surface area contributed by atoms with Crippen LogP contribution in [0.15, 0.2) is 28.8 Å². The number of carboxylic acids is 1. The van der Waals surface area contributed by atoms with E-state index in [4.69, 9.17) is 19.1 Å². The number of amides is 1. The lowest BCUT2D eigenvalue weighted by atomic mass is 10.1. The number of rotatable bonds is 5. The van der Waals surface area contributed by atoms with Gasteiger partial charge < -0.3 is 24.0 Å². The number of para-hydroxylation sites is 1. The zero-order valence-electron chi connectivity index (χ0n) is 14.6. The summed E-state index contributed by atoms with van der Waals surface area (Å²) in [6, 6.07) is 6.89. The van der Waals surface area contributed by atoms with Crippen molar-refractivity contribution in [1.29, 1.82) is 0 Å². The number of aryl methyl sites for hydroxylation is 2. The number of nitrogens with zero attached hydrogens (tertiary/aromatic N) is 2. The second-order valence-electron chi connectivity index (χ2n) is 6.04. The van der Waals surface area contributed by atoms with Crippen LogP contribution in [-0.2, 0) is 16.1 Å². The second kappa shape index (κ2) is 7.57. The Hall–Kier alpha value is -2.87. The van der Waals surface area contributed by atoms with Gasteiger partial charge in [-0.2, -0.15) is 0 Å². The van der Waals surface area contributed by atoms with Crippen molar-refractivity contribution in [3.05, 3.63) is 46.8 Å². The van der Waals surface area contributed by atoms with Crippen molar-refractivity contribution < 1.29 is 28.7 Å². The number of morpholine rings is 1. The Morgan fingerprint density at radius 3 is 2.81 bits per heavy atom. The first kappa shape index (κ1) is 17.9. The summed E-state index contributed by atoms with van der Waals surface area (Å²) in [7, 11) is 0. The van der Waals surface area contributed by atoms with Crippen LogP contribution in [0.2, 0.25) is 0 Å². The van der Waals surface area contributed by atoms with Crippen LogP contribution in [0.3, 0.4) is 0 Å². The fourth-order valence-electron chi connectivity index (χ4n) is 2.78. The van der Waals surface area contributed by atoms with Crippen LogP contribution in [0.25, 0.3) is 0 Å². The highest BCUT2D eigenvalue weighted by Crippen LogP contribution is 2.23. The number of hydrogen-bond donors (Lipinski definition) is 1. The molecule has 1 unspecified atom stereocenters. The third-order valence-electron chi connectivity index (χ3n) is 4.30. The Balaban J connectivity index is 1.76. The number of aliphatic carboxylic acids is 1. The number of aromatic nitrogens is 1. The van der Waals surface area contributed by atoms with Gasteiger partial charge in [0.05, 0.1) is 30.0 Å². The highest BCUT2D eigenvalue weighted by Gasteiger charge is 2.30. The highest BCUT2D eigenvalue weighted by atomic mass is 16.5. The molecule has 138 valence electrons. The van der Waals surface area contributed by atoms with E-state index >= 15 is 0 Å². The fourth-order valence-corrected chi connectivity index (χ4v) is 2.78. The van der Waals surface area contributed by atoms with E-state index < -0.39 is 12.1 Å². The van der Waals surface area contributed by atoms with Crippen molar-refractivity contribution in [3.8, 4) is 5.75 Å². The number of carbonyl (C=O) groups is 2. The van der Waals surface area contributed by atoms with Crippen LogP contribution in [0.5, 0.6) is 5.75 Å². The predicted octanol–water partition coefficient (Wildman–Crippen LogP) is 1.80. The number of ether oxygens (including phenoxy) is 2. The van der Waals surface area contributed by atoms with Gasteiger partial charge in [-0.15, -0.1) is 0 Å². The molecule has 1 aromatic heterocycles. The SMILES string of the molecule is Cc1noc(C)c1COc1ccccc1C(=O)N1CCOC(C(=O)O)C1. The second-order valence-corrected chi connectivity index (χ2v) is 6.04. The Labute approximate surface area is 150 Å². The summed E-state index contributed by atoms with van der Waals surface area (Å²) in [5.74, 6) is -0.265. The predicted molar refractivity (Wildman–Crippen MR) is 90.0 cm³/mol. The van der Waals surface area contributed by atoms with E-state index in [1.807, 2.05) is 6.92 Å². The quantitative estimate of drug-likeness (QED) is 0.867. The molecule has 8 heteroatoms. The topological polar surface area (TPSA) is 102 Å². The van der Waals surface area contributed by atoms with Crippen LogP contribution in [-0.4, -0.2) is 52.8 Å². The summed E-state index contributed by atoms with van der Waals surface area (Å²) in [4.78, 5) is 25.4.